The van der Waals surface area contributed by atoms with Crippen LogP contribution in [0.15, 0.2) is 40.2 Å². The molecule has 0 aliphatic rings. The zero-order valence-electron chi connectivity index (χ0n) is 9.49. The molecule has 1 aromatic carbocycles. The van der Waals surface area contributed by atoms with Crippen LogP contribution in [0.2, 0.25) is 0 Å². The highest BCUT2D eigenvalue weighted by atomic mass is 79.9. The molecule has 0 spiro atoms. The Morgan fingerprint density at radius 2 is 1.89 bits per heavy atom. The van der Waals surface area contributed by atoms with Crippen LogP contribution in [-0.2, 0) is 4.79 Å². The Kier molecular flexibility index (Phi) is 4.44. The topological polar surface area (TPSA) is 29.1 Å². The van der Waals surface area contributed by atoms with Gasteiger partial charge < -0.3 is 5.32 Å². The van der Waals surface area contributed by atoms with E-state index in [0.717, 1.165) is 20.8 Å². The van der Waals surface area contributed by atoms with E-state index >= 15 is 0 Å². The monoisotopic (exact) mass is 343 g/mol. The maximum Gasteiger partial charge on any atom is 0.248 e. The molecule has 0 bridgehead atoms. The van der Waals surface area contributed by atoms with Crippen molar-refractivity contribution >= 4 is 44.9 Å². The van der Waals surface area contributed by atoms with Gasteiger partial charge in [-0.05, 0) is 46.3 Å². The number of hydrogen-bond acceptors (Lipinski definition) is 2. The Balaban J connectivity index is 2.07. The first-order valence-electron chi connectivity index (χ1n) is 5.24. The molecule has 0 aliphatic heterocycles. The van der Waals surface area contributed by atoms with E-state index in [9.17, 15) is 13.6 Å². The zero-order chi connectivity index (χ0) is 13.8. The first kappa shape index (κ1) is 13.9. The highest BCUT2D eigenvalue weighted by Crippen LogP contribution is 2.23. The van der Waals surface area contributed by atoms with E-state index in [2.05, 4.69) is 21.2 Å². The van der Waals surface area contributed by atoms with Crippen LogP contribution in [-0.4, -0.2) is 5.91 Å². The summed E-state index contributed by atoms with van der Waals surface area (Å²) in [6, 6.07) is 7.07. The number of amides is 1. The minimum atomic E-state index is -0.805. The lowest BCUT2D eigenvalue weighted by molar-refractivity contribution is -0.111. The van der Waals surface area contributed by atoms with Gasteiger partial charge in [0.25, 0.3) is 0 Å². The fourth-order valence-corrected chi connectivity index (χ4v) is 2.68. The third kappa shape index (κ3) is 3.71. The SMILES string of the molecule is O=C(C=Cc1ccc(Br)s1)Nc1c(F)cccc1F. The van der Waals surface area contributed by atoms with Crippen LogP contribution in [0.25, 0.3) is 6.08 Å². The van der Waals surface area contributed by atoms with Crippen LogP contribution in [0.1, 0.15) is 4.88 Å². The van der Waals surface area contributed by atoms with Gasteiger partial charge in [0.15, 0.2) is 0 Å². The molecule has 0 fully saturated rings. The quantitative estimate of drug-likeness (QED) is 0.820. The smallest absolute Gasteiger partial charge is 0.248 e. The zero-order valence-corrected chi connectivity index (χ0v) is 11.9. The van der Waals surface area contributed by atoms with Crippen LogP contribution in [0.3, 0.4) is 0 Å². The van der Waals surface area contributed by atoms with E-state index in [0.29, 0.717) is 0 Å². The Morgan fingerprint density at radius 1 is 1.21 bits per heavy atom. The van der Waals surface area contributed by atoms with Gasteiger partial charge in [0.2, 0.25) is 5.91 Å². The minimum absolute atomic E-state index is 0.440. The number of anilines is 1. The summed E-state index contributed by atoms with van der Waals surface area (Å²) in [4.78, 5) is 12.4. The molecule has 98 valence electrons. The second-order valence-electron chi connectivity index (χ2n) is 3.56. The van der Waals surface area contributed by atoms with E-state index in [1.807, 2.05) is 12.1 Å². The number of para-hydroxylation sites is 1. The molecule has 1 amide bonds. The summed E-state index contributed by atoms with van der Waals surface area (Å²) < 4.78 is 27.5. The van der Waals surface area contributed by atoms with Crippen LogP contribution < -0.4 is 5.32 Å². The van der Waals surface area contributed by atoms with Gasteiger partial charge in [0, 0.05) is 11.0 Å². The van der Waals surface area contributed by atoms with E-state index in [4.69, 9.17) is 0 Å². The molecule has 1 heterocycles. The molecule has 1 N–H and O–H groups in total. The Labute approximate surface area is 120 Å². The molecule has 2 nitrogen and oxygen atoms in total. The first-order chi connectivity index (χ1) is 9.06. The number of carbonyl (C=O) groups excluding carboxylic acids is 1. The number of rotatable bonds is 3. The molecule has 2 rings (SSSR count). The van der Waals surface area contributed by atoms with Gasteiger partial charge in [-0.15, -0.1) is 11.3 Å². The summed E-state index contributed by atoms with van der Waals surface area (Å²) in [6.07, 6.45) is 2.80. The van der Waals surface area contributed by atoms with Crippen LogP contribution in [0, 0.1) is 11.6 Å². The number of benzene rings is 1. The summed E-state index contributed by atoms with van der Waals surface area (Å²) in [6.45, 7) is 0. The minimum Gasteiger partial charge on any atom is -0.318 e. The van der Waals surface area contributed by atoms with Crippen molar-refractivity contribution in [2.24, 2.45) is 0 Å². The fourth-order valence-electron chi connectivity index (χ4n) is 1.36. The fraction of sp³-hybridized carbons (Fsp3) is 0. The molecule has 0 saturated heterocycles. The van der Waals surface area contributed by atoms with E-state index in [1.54, 1.807) is 6.08 Å². The van der Waals surface area contributed by atoms with Gasteiger partial charge in [0.1, 0.15) is 17.3 Å². The van der Waals surface area contributed by atoms with Crippen molar-refractivity contribution in [2.45, 2.75) is 0 Å². The summed E-state index contributed by atoms with van der Waals surface area (Å²) in [5.41, 5.74) is -0.440. The molecule has 2 aromatic rings. The van der Waals surface area contributed by atoms with Crippen molar-refractivity contribution in [1.29, 1.82) is 0 Å². The van der Waals surface area contributed by atoms with Crippen LogP contribution in [0.5, 0.6) is 0 Å². The molecule has 19 heavy (non-hydrogen) atoms. The molecule has 0 aliphatic carbocycles. The standard InChI is InChI=1S/C13H8BrF2NOS/c14-11-6-4-8(19-11)5-7-12(18)17-13-9(15)2-1-3-10(13)16/h1-7H,(H,17,18). The second kappa shape index (κ2) is 6.08. The number of halogens is 3. The van der Waals surface area contributed by atoms with Gasteiger partial charge in [-0.3, -0.25) is 4.79 Å². The largest absolute Gasteiger partial charge is 0.318 e. The van der Waals surface area contributed by atoms with E-state index < -0.39 is 23.2 Å². The molecule has 0 radical (unpaired) electrons. The Hall–Kier alpha value is -1.53. The van der Waals surface area contributed by atoms with E-state index in [-0.39, 0.29) is 0 Å². The van der Waals surface area contributed by atoms with Gasteiger partial charge in [-0.2, -0.15) is 0 Å². The van der Waals surface area contributed by atoms with Crippen molar-refractivity contribution in [3.8, 4) is 0 Å². The lowest BCUT2D eigenvalue weighted by Gasteiger charge is -2.04. The third-order valence-corrected chi connectivity index (χ3v) is 3.79. The van der Waals surface area contributed by atoms with Crippen LogP contribution in [0.4, 0.5) is 14.5 Å². The number of nitrogens with one attached hydrogen (secondary N) is 1. The summed E-state index contributed by atoms with van der Waals surface area (Å²) in [5, 5.41) is 2.17. The number of carbonyl (C=O) groups is 1. The third-order valence-electron chi connectivity index (χ3n) is 2.20. The molecule has 0 atom stereocenters. The van der Waals surface area contributed by atoms with Gasteiger partial charge >= 0.3 is 0 Å². The maximum absolute atomic E-state index is 13.3. The van der Waals surface area contributed by atoms with Crippen LogP contribution >= 0.6 is 27.3 Å². The first-order valence-corrected chi connectivity index (χ1v) is 6.85. The van der Waals surface area contributed by atoms with Gasteiger partial charge in [-0.1, -0.05) is 6.07 Å². The normalized spacial score (nSPS) is 10.9. The lowest BCUT2D eigenvalue weighted by atomic mass is 10.3. The molecule has 1 aromatic heterocycles. The predicted molar refractivity (Wildman–Crippen MR) is 76.0 cm³/mol. The van der Waals surface area contributed by atoms with E-state index in [1.165, 1.54) is 23.5 Å². The van der Waals surface area contributed by atoms with Gasteiger partial charge in [-0.25, -0.2) is 8.78 Å². The number of hydrogen-bond donors (Lipinski definition) is 1. The maximum atomic E-state index is 13.3. The highest BCUT2D eigenvalue weighted by molar-refractivity contribution is 9.11. The Morgan fingerprint density at radius 3 is 2.47 bits per heavy atom. The Bertz CT molecular complexity index is 619. The molecular weight excluding hydrogens is 336 g/mol. The lowest BCUT2D eigenvalue weighted by Crippen LogP contribution is -2.10. The number of thiophene rings is 1. The van der Waals surface area contributed by atoms with Crippen molar-refractivity contribution in [2.75, 3.05) is 5.32 Å². The van der Waals surface area contributed by atoms with Crippen molar-refractivity contribution < 1.29 is 13.6 Å². The molecule has 0 saturated carbocycles. The average Bonchev–Trinajstić information content (AvgIpc) is 2.77. The van der Waals surface area contributed by atoms with Gasteiger partial charge in [0.05, 0.1) is 3.79 Å². The molecular formula is C13H8BrF2NOS. The highest BCUT2D eigenvalue weighted by Gasteiger charge is 2.09. The molecule has 6 heteroatoms. The van der Waals surface area contributed by atoms with Crippen molar-refractivity contribution in [1.82, 2.24) is 0 Å². The summed E-state index contributed by atoms with van der Waals surface area (Å²) in [5.74, 6) is -2.20. The molecule has 0 unspecified atom stereocenters. The predicted octanol–water partition coefficient (Wildman–Crippen LogP) is 4.44. The second-order valence-corrected chi connectivity index (χ2v) is 6.06. The average molecular weight is 344 g/mol. The summed E-state index contributed by atoms with van der Waals surface area (Å²) in [7, 11) is 0. The van der Waals surface area contributed by atoms with Crippen molar-refractivity contribution in [3.05, 3.63) is 56.7 Å². The van der Waals surface area contributed by atoms with Crippen molar-refractivity contribution in [3.63, 3.8) is 0 Å². The summed E-state index contributed by atoms with van der Waals surface area (Å²) >= 11 is 4.74.